The molecule has 0 bridgehead atoms. The van der Waals surface area contributed by atoms with Gasteiger partial charge in [0, 0.05) is 11.3 Å². The van der Waals surface area contributed by atoms with Crippen LogP contribution in [-0.4, -0.2) is 44.2 Å². The Balaban J connectivity index is 1.48. The number of hydrogen-bond acceptors (Lipinski definition) is 8. The third kappa shape index (κ3) is 4.15. The monoisotopic (exact) mass is 350 g/mol. The lowest BCUT2D eigenvalue weighted by Crippen LogP contribution is -2.38. The van der Waals surface area contributed by atoms with Crippen molar-refractivity contribution < 1.29 is 9.32 Å². The molecule has 2 aromatic rings. The molecule has 1 N–H and O–H groups in total. The van der Waals surface area contributed by atoms with Gasteiger partial charge in [0.15, 0.2) is 5.82 Å². The molecule has 3 heterocycles. The number of nitrogens with zero attached hydrogens (tertiary/aromatic N) is 5. The Kier molecular flexibility index (Phi) is 4.91. The minimum Gasteiger partial charge on any atom is -0.339 e. The minimum atomic E-state index is -0.138. The zero-order valence-corrected chi connectivity index (χ0v) is 15.0. The van der Waals surface area contributed by atoms with Crippen molar-refractivity contribution in [1.82, 2.24) is 25.2 Å². The lowest BCUT2D eigenvalue weighted by atomic mass is 9.96. The number of nitrogens with one attached hydrogen (secondary N) is 1. The van der Waals surface area contributed by atoms with E-state index in [1.165, 1.54) is 11.3 Å². The van der Waals surface area contributed by atoms with Crippen LogP contribution in [0.15, 0.2) is 10.0 Å². The largest absolute Gasteiger partial charge is 0.339 e. The second kappa shape index (κ2) is 6.94. The van der Waals surface area contributed by atoms with Gasteiger partial charge in [0.1, 0.15) is 5.51 Å². The van der Waals surface area contributed by atoms with E-state index in [0.717, 1.165) is 25.9 Å². The third-order valence-electron chi connectivity index (χ3n) is 4.02. The van der Waals surface area contributed by atoms with Crippen LogP contribution < -0.4 is 5.32 Å². The Labute approximate surface area is 144 Å². The van der Waals surface area contributed by atoms with Crippen molar-refractivity contribution in [2.24, 2.45) is 5.92 Å². The minimum absolute atomic E-state index is 0.0144. The summed E-state index contributed by atoms with van der Waals surface area (Å²) >= 11 is 1.33. The molecule has 0 unspecified atom stereocenters. The summed E-state index contributed by atoms with van der Waals surface area (Å²) in [6.45, 7) is 8.48. The van der Waals surface area contributed by atoms with Gasteiger partial charge in [0.05, 0.1) is 6.54 Å². The van der Waals surface area contributed by atoms with Crippen molar-refractivity contribution in [1.29, 1.82) is 0 Å². The molecule has 0 atom stereocenters. The highest BCUT2D eigenvalue weighted by atomic mass is 32.1. The number of anilines is 1. The second-order valence-corrected chi connectivity index (χ2v) is 7.88. The SMILES string of the molecule is CC(C)(C)c1nc(CN2CCC(C(=O)Nc3nncs3)CC2)no1. The Morgan fingerprint density at radius 1 is 1.42 bits per heavy atom. The van der Waals surface area contributed by atoms with Gasteiger partial charge in [0.25, 0.3) is 0 Å². The van der Waals surface area contributed by atoms with E-state index in [0.29, 0.717) is 23.4 Å². The van der Waals surface area contributed by atoms with E-state index < -0.39 is 0 Å². The highest BCUT2D eigenvalue weighted by Gasteiger charge is 2.27. The summed E-state index contributed by atoms with van der Waals surface area (Å²) in [5.41, 5.74) is 1.47. The predicted molar refractivity (Wildman–Crippen MR) is 89.5 cm³/mol. The van der Waals surface area contributed by atoms with Gasteiger partial charge in [-0.2, -0.15) is 4.98 Å². The summed E-state index contributed by atoms with van der Waals surface area (Å²) in [6.07, 6.45) is 1.63. The number of carbonyl (C=O) groups is 1. The van der Waals surface area contributed by atoms with E-state index >= 15 is 0 Å². The summed E-state index contributed by atoms with van der Waals surface area (Å²) < 4.78 is 5.33. The van der Waals surface area contributed by atoms with Gasteiger partial charge in [-0.1, -0.05) is 37.3 Å². The fourth-order valence-corrected chi connectivity index (χ4v) is 3.06. The maximum Gasteiger partial charge on any atom is 0.232 e. The number of aromatic nitrogens is 4. The maximum atomic E-state index is 12.2. The molecule has 24 heavy (non-hydrogen) atoms. The molecule has 1 aliphatic rings. The maximum absolute atomic E-state index is 12.2. The van der Waals surface area contributed by atoms with Crippen molar-refractivity contribution in [3.05, 3.63) is 17.2 Å². The van der Waals surface area contributed by atoms with Crippen LogP contribution in [0.25, 0.3) is 0 Å². The second-order valence-electron chi connectivity index (χ2n) is 7.05. The van der Waals surface area contributed by atoms with Gasteiger partial charge < -0.3 is 9.84 Å². The van der Waals surface area contributed by atoms with Crippen LogP contribution in [-0.2, 0) is 16.8 Å². The van der Waals surface area contributed by atoms with Crippen LogP contribution in [0.2, 0.25) is 0 Å². The predicted octanol–water partition coefficient (Wildman–Crippen LogP) is 2.07. The van der Waals surface area contributed by atoms with Crippen molar-refractivity contribution in [2.75, 3.05) is 18.4 Å². The lowest BCUT2D eigenvalue weighted by molar-refractivity contribution is -0.121. The number of rotatable bonds is 4. The molecular weight excluding hydrogens is 328 g/mol. The van der Waals surface area contributed by atoms with E-state index in [1.54, 1.807) is 5.51 Å². The first kappa shape index (κ1) is 17.0. The Bertz CT molecular complexity index is 670. The van der Waals surface area contributed by atoms with Crippen molar-refractivity contribution in [3.63, 3.8) is 0 Å². The molecule has 2 aromatic heterocycles. The smallest absolute Gasteiger partial charge is 0.232 e. The quantitative estimate of drug-likeness (QED) is 0.901. The molecule has 1 aliphatic heterocycles. The normalized spacial score (nSPS) is 17.1. The van der Waals surface area contributed by atoms with Crippen LogP contribution in [0.5, 0.6) is 0 Å². The van der Waals surface area contributed by atoms with Gasteiger partial charge in [-0.25, -0.2) is 0 Å². The number of likely N-dealkylation sites (tertiary alicyclic amines) is 1. The number of amides is 1. The van der Waals surface area contributed by atoms with Crippen LogP contribution in [0.4, 0.5) is 5.13 Å². The molecule has 0 saturated carbocycles. The van der Waals surface area contributed by atoms with Gasteiger partial charge in [-0.15, -0.1) is 10.2 Å². The number of carbonyl (C=O) groups excluding carboxylic acids is 1. The molecule has 0 aliphatic carbocycles. The topological polar surface area (TPSA) is 97.0 Å². The van der Waals surface area contributed by atoms with E-state index in [1.807, 2.05) is 20.8 Å². The average Bonchev–Trinajstić information content (AvgIpc) is 3.19. The van der Waals surface area contributed by atoms with E-state index in [4.69, 9.17) is 4.52 Å². The zero-order valence-electron chi connectivity index (χ0n) is 14.2. The van der Waals surface area contributed by atoms with E-state index in [2.05, 4.69) is 30.6 Å². The highest BCUT2D eigenvalue weighted by molar-refractivity contribution is 7.13. The molecule has 1 fully saturated rings. The molecular formula is C15H22N6O2S. The lowest BCUT2D eigenvalue weighted by Gasteiger charge is -2.30. The van der Waals surface area contributed by atoms with Gasteiger partial charge in [-0.05, 0) is 25.9 Å². The van der Waals surface area contributed by atoms with Gasteiger partial charge >= 0.3 is 0 Å². The molecule has 0 radical (unpaired) electrons. The van der Waals surface area contributed by atoms with E-state index in [-0.39, 0.29) is 17.2 Å². The van der Waals surface area contributed by atoms with Gasteiger partial charge in [-0.3, -0.25) is 9.69 Å². The number of piperidine rings is 1. The Morgan fingerprint density at radius 2 is 2.17 bits per heavy atom. The molecule has 9 heteroatoms. The van der Waals surface area contributed by atoms with E-state index in [9.17, 15) is 4.79 Å². The third-order valence-corrected chi connectivity index (χ3v) is 4.63. The molecule has 3 rings (SSSR count). The highest BCUT2D eigenvalue weighted by Crippen LogP contribution is 2.23. The van der Waals surface area contributed by atoms with Crippen molar-refractivity contribution >= 4 is 22.4 Å². The average molecular weight is 350 g/mol. The molecule has 130 valence electrons. The first-order valence-corrected chi connectivity index (χ1v) is 8.92. The number of hydrogen-bond donors (Lipinski definition) is 1. The molecule has 1 saturated heterocycles. The first-order chi connectivity index (χ1) is 11.4. The molecule has 1 amide bonds. The van der Waals surface area contributed by atoms with Crippen LogP contribution >= 0.6 is 11.3 Å². The summed E-state index contributed by atoms with van der Waals surface area (Å²) in [5, 5.41) is 15.0. The summed E-state index contributed by atoms with van der Waals surface area (Å²) in [6, 6.07) is 0. The van der Waals surface area contributed by atoms with Crippen LogP contribution in [0, 0.1) is 5.92 Å². The molecule has 8 nitrogen and oxygen atoms in total. The molecule has 0 spiro atoms. The summed E-state index contributed by atoms with van der Waals surface area (Å²) in [4.78, 5) is 18.9. The van der Waals surface area contributed by atoms with Crippen LogP contribution in [0.3, 0.4) is 0 Å². The fourth-order valence-electron chi connectivity index (χ4n) is 2.61. The molecule has 0 aromatic carbocycles. The first-order valence-electron chi connectivity index (χ1n) is 8.04. The summed E-state index contributed by atoms with van der Waals surface area (Å²) in [5.74, 6) is 1.40. The Hall–Kier alpha value is -1.87. The fraction of sp³-hybridized carbons (Fsp3) is 0.667. The summed E-state index contributed by atoms with van der Waals surface area (Å²) in [7, 11) is 0. The Morgan fingerprint density at radius 3 is 2.75 bits per heavy atom. The standard InChI is InChI=1S/C15H22N6O2S/c1-15(2,3)13-17-11(20-23-13)8-21-6-4-10(5-7-21)12(22)18-14-19-16-9-24-14/h9-10H,4-8H2,1-3H3,(H,18,19,22). The van der Waals surface area contributed by atoms with Crippen molar-refractivity contribution in [2.45, 2.75) is 45.6 Å². The zero-order chi connectivity index (χ0) is 17.2. The van der Waals surface area contributed by atoms with Gasteiger partial charge in [0.2, 0.25) is 16.9 Å². The van der Waals surface area contributed by atoms with Crippen LogP contribution in [0.1, 0.15) is 45.3 Å². The van der Waals surface area contributed by atoms with Crippen molar-refractivity contribution in [3.8, 4) is 0 Å².